The summed E-state index contributed by atoms with van der Waals surface area (Å²) in [5, 5.41) is 5.94. The Balaban J connectivity index is 1.58. The van der Waals surface area contributed by atoms with Gasteiger partial charge in [-0.25, -0.2) is 9.78 Å². The molecule has 0 bridgehead atoms. The van der Waals surface area contributed by atoms with E-state index in [4.69, 9.17) is 4.98 Å². The van der Waals surface area contributed by atoms with Crippen LogP contribution in [-0.2, 0) is 4.79 Å². The van der Waals surface area contributed by atoms with Gasteiger partial charge in [0.15, 0.2) is 0 Å². The summed E-state index contributed by atoms with van der Waals surface area (Å²) in [5.74, 6) is 0.623. The quantitative estimate of drug-likeness (QED) is 0.488. The average Bonchev–Trinajstić information content (AvgIpc) is 3.51. The van der Waals surface area contributed by atoms with Gasteiger partial charge >= 0.3 is 6.03 Å². The van der Waals surface area contributed by atoms with Crippen LogP contribution >= 0.6 is 0 Å². The molecular formula is C28H35N5O2. The van der Waals surface area contributed by atoms with E-state index in [-0.39, 0.29) is 24.0 Å². The van der Waals surface area contributed by atoms with E-state index in [1.54, 1.807) is 4.90 Å². The van der Waals surface area contributed by atoms with E-state index in [2.05, 4.69) is 10.6 Å². The Bertz CT molecular complexity index is 1190. The molecule has 2 aromatic carbocycles. The molecule has 1 saturated carbocycles. The first-order valence-corrected chi connectivity index (χ1v) is 12.2. The van der Waals surface area contributed by atoms with Gasteiger partial charge in [0.25, 0.3) is 0 Å². The Morgan fingerprint density at radius 1 is 1.00 bits per heavy atom. The van der Waals surface area contributed by atoms with E-state index in [9.17, 15) is 9.59 Å². The van der Waals surface area contributed by atoms with Gasteiger partial charge < -0.3 is 10.2 Å². The second kappa shape index (κ2) is 9.94. The molecule has 0 aliphatic heterocycles. The number of aryl methyl sites for hydroxylation is 2. The summed E-state index contributed by atoms with van der Waals surface area (Å²) >= 11 is 0. The highest BCUT2D eigenvalue weighted by Gasteiger charge is 2.29. The third-order valence-electron chi connectivity index (χ3n) is 5.90. The van der Waals surface area contributed by atoms with Crippen molar-refractivity contribution in [2.24, 2.45) is 5.92 Å². The molecule has 4 rings (SSSR count). The molecule has 2 N–H and O–H groups in total. The second-order valence-electron chi connectivity index (χ2n) is 10.6. The minimum Gasteiger partial charge on any atom is -0.333 e. The number of hydrogen-bond acceptors (Lipinski definition) is 3. The highest BCUT2D eigenvalue weighted by atomic mass is 16.2. The molecule has 0 atom stereocenters. The van der Waals surface area contributed by atoms with Crippen LogP contribution in [0.2, 0.25) is 0 Å². The zero-order valence-electron chi connectivity index (χ0n) is 21.3. The zero-order chi connectivity index (χ0) is 25.2. The number of rotatable bonds is 7. The number of aromatic nitrogens is 2. The fourth-order valence-corrected chi connectivity index (χ4v) is 3.80. The summed E-state index contributed by atoms with van der Waals surface area (Å²) in [4.78, 5) is 32.4. The van der Waals surface area contributed by atoms with Gasteiger partial charge in [-0.1, -0.05) is 47.5 Å². The third kappa shape index (κ3) is 6.72. The lowest BCUT2D eigenvalue weighted by atomic mass is 10.1. The Labute approximate surface area is 207 Å². The van der Waals surface area contributed by atoms with Crippen molar-refractivity contribution < 1.29 is 9.59 Å². The highest BCUT2D eigenvalue weighted by molar-refractivity contribution is 5.93. The van der Waals surface area contributed by atoms with Crippen LogP contribution in [0, 0.1) is 19.8 Å². The van der Waals surface area contributed by atoms with Crippen molar-refractivity contribution in [2.75, 3.05) is 18.4 Å². The van der Waals surface area contributed by atoms with E-state index in [1.165, 1.54) is 5.56 Å². The molecule has 1 fully saturated rings. The molecule has 0 radical (unpaired) electrons. The van der Waals surface area contributed by atoms with Crippen LogP contribution in [0.4, 0.5) is 10.7 Å². The van der Waals surface area contributed by atoms with Crippen molar-refractivity contribution in [3.8, 4) is 16.9 Å². The van der Waals surface area contributed by atoms with Gasteiger partial charge in [0.1, 0.15) is 6.54 Å². The fraction of sp³-hybridized carbons (Fsp3) is 0.393. The number of carbonyl (C=O) groups is 2. The van der Waals surface area contributed by atoms with Gasteiger partial charge in [-0.3, -0.25) is 14.7 Å². The summed E-state index contributed by atoms with van der Waals surface area (Å²) in [6.45, 7) is 10.4. The first kappa shape index (κ1) is 24.5. The zero-order valence-corrected chi connectivity index (χ0v) is 21.3. The molecule has 1 aliphatic rings. The maximum atomic E-state index is 13.1. The molecule has 0 unspecified atom stereocenters. The minimum atomic E-state index is -0.375. The monoisotopic (exact) mass is 473 g/mol. The number of nitrogens with one attached hydrogen (secondary N) is 2. The Morgan fingerprint density at radius 2 is 1.60 bits per heavy atom. The average molecular weight is 474 g/mol. The van der Waals surface area contributed by atoms with Crippen LogP contribution < -0.4 is 10.6 Å². The van der Waals surface area contributed by atoms with E-state index in [0.29, 0.717) is 18.4 Å². The van der Waals surface area contributed by atoms with Crippen molar-refractivity contribution in [1.29, 1.82) is 0 Å². The number of amides is 3. The molecule has 1 heterocycles. The first-order valence-electron chi connectivity index (χ1n) is 12.2. The normalized spacial score (nSPS) is 13.4. The molecule has 1 aromatic heterocycles. The third-order valence-corrected chi connectivity index (χ3v) is 5.90. The van der Waals surface area contributed by atoms with Crippen LogP contribution in [0.3, 0.4) is 0 Å². The van der Waals surface area contributed by atoms with Crippen molar-refractivity contribution in [1.82, 2.24) is 19.8 Å². The topological polar surface area (TPSA) is 79.3 Å². The predicted molar refractivity (Wildman–Crippen MR) is 140 cm³/mol. The number of imidazole rings is 1. The number of hydrogen-bond donors (Lipinski definition) is 2. The smallest absolute Gasteiger partial charge is 0.318 e. The molecule has 7 heteroatoms. The molecule has 1 aliphatic carbocycles. The number of urea groups is 1. The Kier molecular flexibility index (Phi) is 6.96. The van der Waals surface area contributed by atoms with Crippen molar-refractivity contribution >= 4 is 17.9 Å². The first-order chi connectivity index (χ1) is 16.6. The van der Waals surface area contributed by atoms with Gasteiger partial charge in [0, 0.05) is 29.5 Å². The number of carbonyl (C=O) groups excluding carboxylic acids is 2. The maximum absolute atomic E-state index is 13.1. The Hall–Kier alpha value is -3.61. The lowest BCUT2D eigenvalue weighted by molar-refractivity contribution is -0.116. The molecule has 3 amide bonds. The van der Waals surface area contributed by atoms with Gasteiger partial charge in [-0.2, -0.15) is 0 Å². The standard InChI is InChI=1S/C28H35N5O2/c1-19-6-12-22(13-7-19)24-17-33(23-14-8-20(2)9-15-23)26(29-24)30-25(34)18-32(16-21-10-11-21)27(35)31-28(3,4)5/h6-9,12-15,17,21H,10-11,16,18H2,1-5H3,(H,31,35)(H,29,30,34). The molecular weight excluding hydrogens is 438 g/mol. The molecule has 35 heavy (non-hydrogen) atoms. The van der Waals surface area contributed by atoms with Gasteiger partial charge in [0.05, 0.1) is 5.69 Å². The Morgan fingerprint density at radius 3 is 2.17 bits per heavy atom. The second-order valence-corrected chi connectivity index (χ2v) is 10.6. The van der Waals surface area contributed by atoms with Crippen molar-refractivity contribution in [2.45, 2.75) is 53.0 Å². The molecule has 3 aromatic rings. The van der Waals surface area contributed by atoms with Gasteiger partial charge in [0.2, 0.25) is 11.9 Å². The largest absolute Gasteiger partial charge is 0.333 e. The van der Waals surface area contributed by atoms with Crippen LogP contribution in [-0.4, -0.2) is 45.0 Å². The van der Waals surface area contributed by atoms with E-state index < -0.39 is 0 Å². The highest BCUT2D eigenvalue weighted by Crippen LogP contribution is 2.30. The van der Waals surface area contributed by atoms with Crippen molar-refractivity contribution in [3.63, 3.8) is 0 Å². The molecule has 0 saturated heterocycles. The summed E-state index contributed by atoms with van der Waals surface area (Å²) in [5.41, 5.74) is 4.58. The van der Waals surface area contributed by atoms with Crippen LogP contribution in [0.25, 0.3) is 16.9 Å². The van der Waals surface area contributed by atoms with Crippen molar-refractivity contribution in [3.05, 3.63) is 65.9 Å². The SMILES string of the molecule is Cc1ccc(-c2cn(-c3ccc(C)cc3)c(NC(=O)CN(CC3CC3)C(=O)NC(C)(C)C)n2)cc1. The van der Waals surface area contributed by atoms with Crippen LogP contribution in [0.5, 0.6) is 0 Å². The fourth-order valence-electron chi connectivity index (χ4n) is 3.80. The lowest BCUT2D eigenvalue weighted by Gasteiger charge is -2.28. The number of benzene rings is 2. The summed E-state index contributed by atoms with van der Waals surface area (Å²) in [7, 11) is 0. The van der Waals surface area contributed by atoms with Crippen LogP contribution in [0.1, 0.15) is 44.7 Å². The molecule has 184 valence electrons. The summed E-state index contributed by atoms with van der Waals surface area (Å²) in [6.07, 6.45) is 4.12. The molecule has 7 nitrogen and oxygen atoms in total. The number of nitrogens with zero attached hydrogens (tertiary/aromatic N) is 3. The minimum absolute atomic E-state index is 0.0287. The number of anilines is 1. The van der Waals surface area contributed by atoms with Crippen LogP contribution in [0.15, 0.2) is 54.7 Å². The summed E-state index contributed by atoms with van der Waals surface area (Å²) in [6, 6.07) is 16.0. The lowest BCUT2D eigenvalue weighted by Crippen LogP contribution is -2.51. The maximum Gasteiger partial charge on any atom is 0.318 e. The molecule has 0 spiro atoms. The van der Waals surface area contributed by atoms with Gasteiger partial charge in [-0.05, 0) is 65.5 Å². The van der Waals surface area contributed by atoms with E-state index >= 15 is 0 Å². The van der Waals surface area contributed by atoms with Gasteiger partial charge in [-0.15, -0.1) is 0 Å². The van der Waals surface area contributed by atoms with E-state index in [1.807, 2.05) is 93.9 Å². The summed E-state index contributed by atoms with van der Waals surface area (Å²) < 4.78 is 1.88. The predicted octanol–water partition coefficient (Wildman–Crippen LogP) is 5.31. The van der Waals surface area contributed by atoms with E-state index in [0.717, 1.165) is 35.3 Å².